The van der Waals surface area contributed by atoms with Gasteiger partial charge in [0.05, 0.1) is 5.57 Å². The highest BCUT2D eigenvalue weighted by Crippen LogP contribution is 2.37. The van der Waals surface area contributed by atoms with E-state index in [2.05, 4.69) is 5.32 Å². The van der Waals surface area contributed by atoms with E-state index in [9.17, 15) is 9.59 Å². The van der Waals surface area contributed by atoms with E-state index in [1.165, 1.54) is 0 Å². The van der Waals surface area contributed by atoms with Gasteiger partial charge in [0.25, 0.3) is 0 Å². The van der Waals surface area contributed by atoms with Gasteiger partial charge in [0.2, 0.25) is 0 Å². The third-order valence-corrected chi connectivity index (χ3v) is 5.75. The zero-order chi connectivity index (χ0) is 23.1. The van der Waals surface area contributed by atoms with Crippen LogP contribution in [0.5, 0.6) is 5.75 Å². The first-order valence-corrected chi connectivity index (χ1v) is 10.9. The molecule has 2 aromatic rings. The van der Waals surface area contributed by atoms with Crippen molar-refractivity contribution in [3.05, 3.63) is 112 Å². The van der Waals surface area contributed by atoms with E-state index < -0.39 is 0 Å². The molecule has 3 aliphatic rings. The number of ether oxygens (including phenoxy) is 2. The Hall–Kier alpha value is -4.12. The molecule has 2 aromatic carbocycles. The minimum Gasteiger partial charge on any atom is -0.462 e. The van der Waals surface area contributed by atoms with E-state index >= 15 is 0 Å². The van der Waals surface area contributed by atoms with Crippen molar-refractivity contribution in [3.63, 3.8) is 0 Å². The number of hydrogen-bond acceptors (Lipinski definition) is 5. The molecule has 33 heavy (non-hydrogen) atoms. The number of rotatable bonds is 3. The Morgan fingerprint density at radius 2 is 1.61 bits per heavy atom. The van der Waals surface area contributed by atoms with Crippen molar-refractivity contribution in [3.8, 4) is 5.75 Å². The summed E-state index contributed by atoms with van der Waals surface area (Å²) in [4.78, 5) is 25.9. The van der Waals surface area contributed by atoms with Crippen LogP contribution in [0, 0.1) is 0 Å². The standard InChI is InChI=1S/C28H23NO4/c1-4-29-19-9-10-22-16(2)11-20(33-25(22)14-19)15-21-13-18(12-17(3)32-21)26-27(30)23-7-5-6-8-24(23)28(26)31/h5-15,29H,4H2,1-3H3/b20-15+. The van der Waals surface area contributed by atoms with Gasteiger partial charge in [0.15, 0.2) is 11.6 Å². The fraction of sp³-hybridized carbons (Fsp3) is 0.143. The predicted octanol–water partition coefficient (Wildman–Crippen LogP) is 5.99. The molecule has 5 heteroatoms. The number of hydrogen-bond donors (Lipinski definition) is 1. The van der Waals surface area contributed by atoms with Gasteiger partial charge in [-0.25, -0.2) is 0 Å². The van der Waals surface area contributed by atoms with Gasteiger partial charge in [0.1, 0.15) is 23.0 Å². The van der Waals surface area contributed by atoms with Crippen LogP contribution in [0.15, 0.2) is 95.2 Å². The van der Waals surface area contributed by atoms with E-state index in [1.807, 2.05) is 38.1 Å². The third-order valence-electron chi connectivity index (χ3n) is 5.75. The van der Waals surface area contributed by atoms with Gasteiger partial charge >= 0.3 is 0 Å². The molecule has 0 bridgehead atoms. The van der Waals surface area contributed by atoms with Crippen molar-refractivity contribution < 1.29 is 19.1 Å². The molecule has 2 heterocycles. The highest BCUT2D eigenvalue weighted by molar-refractivity contribution is 6.40. The summed E-state index contributed by atoms with van der Waals surface area (Å²) in [5, 5.41) is 3.29. The smallest absolute Gasteiger partial charge is 0.198 e. The van der Waals surface area contributed by atoms with Crippen molar-refractivity contribution in [2.45, 2.75) is 20.8 Å². The monoisotopic (exact) mass is 437 g/mol. The maximum atomic E-state index is 12.9. The summed E-state index contributed by atoms with van der Waals surface area (Å²) in [7, 11) is 0. The Morgan fingerprint density at radius 3 is 2.30 bits per heavy atom. The van der Waals surface area contributed by atoms with Crippen LogP contribution in [0.1, 0.15) is 47.1 Å². The lowest BCUT2D eigenvalue weighted by molar-refractivity contribution is 0.0988. The molecular weight excluding hydrogens is 414 g/mol. The lowest BCUT2D eigenvalue weighted by Crippen LogP contribution is -2.08. The fourth-order valence-corrected chi connectivity index (χ4v) is 4.29. The number of nitrogens with one attached hydrogen (secondary N) is 1. The van der Waals surface area contributed by atoms with Gasteiger partial charge in [0, 0.05) is 41.1 Å². The second-order valence-electron chi connectivity index (χ2n) is 8.16. The molecule has 0 aromatic heterocycles. The van der Waals surface area contributed by atoms with Crippen LogP contribution in [0.4, 0.5) is 5.69 Å². The summed E-state index contributed by atoms with van der Waals surface area (Å²) in [5.74, 6) is 1.96. The van der Waals surface area contributed by atoms with Crippen LogP contribution in [0.3, 0.4) is 0 Å². The first-order valence-electron chi connectivity index (χ1n) is 10.9. The number of anilines is 1. The summed E-state index contributed by atoms with van der Waals surface area (Å²) in [6, 6.07) is 13.0. The van der Waals surface area contributed by atoms with Crippen LogP contribution in [-0.4, -0.2) is 18.1 Å². The minimum absolute atomic E-state index is 0.173. The summed E-state index contributed by atoms with van der Waals surface area (Å²) in [6.45, 7) is 6.69. The second-order valence-corrected chi connectivity index (χ2v) is 8.16. The van der Waals surface area contributed by atoms with Crippen molar-refractivity contribution >= 4 is 22.8 Å². The van der Waals surface area contributed by atoms with Crippen LogP contribution >= 0.6 is 0 Å². The molecule has 0 fully saturated rings. The lowest BCUT2D eigenvalue weighted by Gasteiger charge is -2.21. The van der Waals surface area contributed by atoms with Crippen LogP contribution in [0.2, 0.25) is 0 Å². The molecule has 5 rings (SSSR count). The number of benzene rings is 2. The van der Waals surface area contributed by atoms with Crippen molar-refractivity contribution in [2.24, 2.45) is 0 Å². The van der Waals surface area contributed by atoms with Crippen molar-refractivity contribution in [1.29, 1.82) is 0 Å². The van der Waals surface area contributed by atoms with Gasteiger partial charge in [-0.3, -0.25) is 9.59 Å². The van der Waals surface area contributed by atoms with Crippen molar-refractivity contribution in [2.75, 3.05) is 11.9 Å². The lowest BCUT2D eigenvalue weighted by atomic mass is 10.00. The molecule has 0 radical (unpaired) electrons. The Labute approximate surface area is 192 Å². The normalized spacial score (nSPS) is 18.2. The van der Waals surface area contributed by atoms with Gasteiger partial charge < -0.3 is 14.8 Å². The first kappa shape index (κ1) is 20.8. The SMILES string of the molecule is CCNc1ccc2c(c1)O/C(=C/C1=CC(=C3C(=O)c4ccccc4C3=O)C=C(C)O1)C=C2C. The number of fused-ring (bicyclic) bond motifs is 2. The Balaban J connectivity index is 1.52. The molecule has 0 saturated carbocycles. The minimum atomic E-state index is -0.255. The van der Waals surface area contributed by atoms with E-state index in [-0.39, 0.29) is 17.1 Å². The maximum absolute atomic E-state index is 12.9. The fourth-order valence-electron chi connectivity index (χ4n) is 4.29. The number of Topliss-reactive ketones (excluding diaryl/α,β-unsaturated/α-hetero) is 2. The highest BCUT2D eigenvalue weighted by Gasteiger charge is 2.35. The Kier molecular flexibility index (Phi) is 5.09. The summed E-state index contributed by atoms with van der Waals surface area (Å²) in [6.07, 6.45) is 7.16. The van der Waals surface area contributed by atoms with E-state index in [0.717, 1.165) is 29.1 Å². The highest BCUT2D eigenvalue weighted by atomic mass is 16.5. The zero-order valence-electron chi connectivity index (χ0n) is 18.7. The maximum Gasteiger partial charge on any atom is 0.198 e. The van der Waals surface area contributed by atoms with E-state index in [0.29, 0.717) is 34.0 Å². The molecule has 0 spiro atoms. The second kappa shape index (κ2) is 8.10. The molecule has 0 unspecified atom stereocenters. The van der Waals surface area contributed by atoms with Crippen LogP contribution in [0.25, 0.3) is 5.57 Å². The van der Waals surface area contributed by atoms with E-state index in [1.54, 1.807) is 49.4 Å². The number of allylic oxidation sites excluding steroid dienone is 8. The molecule has 0 saturated heterocycles. The van der Waals surface area contributed by atoms with E-state index in [4.69, 9.17) is 9.47 Å². The van der Waals surface area contributed by atoms with Gasteiger partial charge in [-0.15, -0.1) is 0 Å². The van der Waals surface area contributed by atoms with Crippen molar-refractivity contribution in [1.82, 2.24) is 0 Å². The average molecular weight is 437 g/mol. The summed E-state index contributed by atoms with van der Waals surface area (Å²) >= 11 is 0. The molecule has 2 aliphatic heterocycles. The number of ketones is 2. The summed E-state index contributed by atoms with van der Waals surface area (Å²) < 4.78 is 12.0. The quantitative estimate of drug-likeness (QED) is 0.472. The Morgan fingerprint density at radius 1 is 0.879 bits per heavy atom. The molecule has 0 atom stereocenters. The molecule has 1 aliphatic carbocycles. The average Bonchev–Trinajstić information content (AvgIpc) is 3.04. The predicted molar refractivity (Wildman–Crippen MR) is 128 cm³/mol. The third kappa shape index (κ3) is 3.72. The topological polar surface area (TPSA) is 64.6 Å². The largest absolute Gasteiger partial charge is 0.462 e. The zero-order valence-corrected chi connectivity index (χ0v) is 18.7. The van der Waals surface area contributed by atoms with Gasteiger partial charge in [-0.2, -0.15) is 0 Å². The Bertz CT molecular complexity index is 1330. The first-order chi connectivity index (χ1) is 15.9. The molecule has 0 amide bonds. The van der Waals surface area contributed by atoms with Crippen LogP contribution < -0.4 is 10.1 Å². The van der Waals surface area contributed by atoms with Gasteiger partial charge in [-0.1, -0.05) is 24.3 Å². The molecule has 1 N–H and O–H groups in total. The molecule has 5 nitrogen and oxygen atoms in total. The van der Waals surface area contributed by atoms with Crippen LogP contribution in [-0.2, 0) is 4.74 Å². The molecule has 164 valence electrons. The van der Waals surface area contributed by atoms with Gasteiger partial charge in [-0.05, 0) is 62.3 Å². The summed E-state index contributed by atoms with van der Waals surface area (Å²) in [5.41, 5.74) is 4.70. The number of carbonyl (C=O) groups is 2. The number of carbonyl (C=O) groups excluding carboxylic acids is 2. The molecular formula is C28H23NO4.